The van der Waals surface area contributed by atoms with Crippen molar-refractivity contribution < 1.29 is 4.79 Å². The van der Waals surface area contributed by atoms with Gasteiger partial charge in [0.25, 0.3) is 0 Å². The minimum atomic E-state index is 0.0632. The lowest BCUT2D eigenvalue weighted by Gasteiger charge is -2.17. The van der Waals surface area contributed by atoms with E-state index in [1.54, 1.807) is 0 Å². The van der Waals surface area contributed by atoms with E-state index in [1.165, 1.54) is 5.56 Å². The highest BCUT2D eigenvalue weighted by molar-refractivity contribution is 5.77. The molecule has 1 rings (SSSR count). The first-order valence-electron chi connectivity index (χ1n) is 5.97. The van der Waals surface area contributed by atoms with Crippen molar-refractivity contribution in [2.45, 2.75) is 33.1 Å². The fourth-order valence-electron chi connectivity index (χ4n) is 1.65. The standard InChI is InChI=1S/C14H21NO/c1-4-12(10-15-14(16)11(2)3)13-8-6-5-7-9-13/h5-9,11-12H,4,10H2,1-3H3,(H,15,16). The van der Waals surface area contributed by atoms with Crippen molar-refractivity contribution in [3.63, 3.8) is 0 Å². The Bertz CT molecular complexity index is 319. The fraction of sp³-hybridized carbons (Fsp3) is 0.500. The summed E-state index contributed by atoms with van der Waals surface area (Å²) in [7, 11) is 0. The predicted octanol–water partition coefficient (Wildman–Crippen LogP) is 2.95. The third kappa shape index (κ3) is 3.69. The molecule has 2 heteroatoms. The highest BCUT2D eigenvalue weighted by Crippen LogP contribution is 2.17. The van der Waals surface area contributed by atoms with E-state index in [9.17, 15) is 4.79 Å². The summed E-state index contributed by atoms with van der Waals surface area (Å²) in [5.41, 5.74) is 1.30. The van der Waals surface area contributed by atoms with Crippen LogP contribution in [-0.2, 0) is 4.79 Å². The summed E-state index contributed by atoms with van der Waals surface area (Å²) < 4.78 is 0. The monoisotopic (exact) mass is 219 g/mol. The number of nitrogens with one attached hydrogen (secondary N) is 1. The number of hydrogen-bond acceptors (Lipinski definition) is 1. The zero-order chi connectivity index (χ0) is 12.0. The largest absolute Gasteiger partial charge is 0.355 e. The zero-order valence-corrected chi connectivity index (χ0v) is 10.4. The van der Waals surface area contributed by atoms with Gasteiger partial charge in [0.15, 0.2) is 0 Å². The van der Waals surface area contributed by atoms with Gasteiger partial charge < -0.3 is 5.32 Å². The topological polar surface area (TPSA) is 29.1 Å². The van der Waals surface area contributed by atoms with Crippen LogP contribution in [0.1, 0.15) is 38.7 Å². The summed E-state index contributed by atoms with van der Waals surface area (Å²) in [5.74, 6) is 0.617. The first-order valence-corrected chi connectivity index (χ1v) is 5.97. The van der Waals surface area contributed by atoms with Crippen LogP contribution in [0.3, 0.4) is 0 Å². The van der Waals surface area contributed by atoms with Crippen LogP contribution in [0.5, 0.6) is 0 Å². The summed E-state index contributed by atoms with van der Waals surface area (Å²) in [6, 6.07) is 10.3. The minimum absolute atomic E-state index is 0.0632. The molecule has 1 N–H and O–H groups in total. The molecule has 0 aliphatic rings. The summed E-state index contributed by atoms with van der Waals surface area (Å²) in [6.45, 7) is 6.72. The van der Waals surface area contributed by atoms with E-state index in [0.29, 0.717) is 5.92 Å². The Morgan fingerprint density at radius 1 is 1.25 bits per heavy atom. The van der Waals surface area contributed by atoms with Gasteiger partial charge in [0.2, 0.25) is 5.91 Å². The first kappa shape index (κ1) is 12.8. The molecule has 88 valence electrons. The SMILES string of the molecule is CCC(CNC(=O)C(C)C)c1ccccc1. The van der Waals surface area contributed by atoms with E-state index in [0.717, 1.165) is 13.0 Å². The van der Waals surface area contributed by atoms with Crippen LogP contribution < -0.4 is 5.32 Å². The maximum Gasteiger partial charge on any atom is 0.222 e. The van der Waals surface area contributed by atoms with Gasteiger partial charge in [-0.15, -0.1) is 0 Å². The molecule has 0 fully saturated rings. The van der Waals surface area contributed by atoms with Gasteiger partial charge in [0.05, 0.1) is 0 Å². The molecule has 0 aromatic heterocycles. The Morgan fingerprint density at radius 3 is 2.38 bits per heavy atom. The van der Waals surface area contributed by atoms with Crippen molar-refractivity contribution in [1.29, 1.82) is 0 Å². The lowest BCUT2D eigenvalue weighted by atomic mass is 9.96. The Hall–Kier alpha value is -1.31. The molecule has 0 aliphatic heterocycles. The average molecular weight is 219 g/mol. The maximum absolute atomic E-state index is 11.5. The molecule has 1 atom stereocenters. The molecule has 0 heterocycles. The number of rotatable bonds is 5. The molecule has 2 nitrogen and oxygen atoms in total. The van der Waals surface area contributed by atoms with Crippen LogP contribution >= 0.6 is 0 Å². The van der Waals surface area contributed by atoms with Crippen LogP contribution in [0.4, 0.5) is 0 Å². The van der Waals surface area contributed by atoms with Crippen LogP contribution in [0.15, 0.2) is 30.3 Å². The third-order valence-corrected chi connectivity index (χ3v) is 2.81. The van der Waals surface area contributed by atoms with Gasteiger partial charge in [-0.05, 0) is 12.0 Å². The molecular weight excluding hydrogens is 198 g/mol. The van der Waals surface area contributed by atoms with Crippen LogP contribution in [0, 0.1) is 5.92 Å². The lowest BCUT2D eigenvalue weighted by Crippen LogP contribution is -2.31. The van der Waals surface area contributed by atoms with Crippen molar-refractivity contribution in [2.75, 3.05) is 6.54 Å². The van der Waals surface area contributed by atoms with E-state index in [1.807, 2.05) is 32.0 Å². The van der Waals surface area contributed by atoms with E-state index in [2.05, 4.69) is 24.4 Å². The predicted molar refractivity (Wildman–Crippen MR) is 67.3 cm³/mol. The molecule has 1 aromatic rings. The van der Waals surface area contributed by atoms with Crippen LogP contribution in [0.25, 0.3) is 0 Å². The molecule has 0 saturated heterocycles. The highest BCUT2D eigenvalue weighted by atomic mass is 16.1. The second-order valence-corrected chi connectivity index (χ2v) is 4.42. The van der Waals surface area contributed by atoms with Gasteiger partial charge in [-0.2, -0.15) is 0 Å². The summed E-state index contributed by atoms with van der Waals surface area (Å²) in [6.07, 6.45) is 1.04. The van der Waals surface area contributed by atoms with Crippen molar-refractivity contribution in [3.05, 3.63) is 35.9 Å². The van der Waals surface area contributed by atoms with E-state index in [-0.39, 0.29) is 11.8 Å². The van der Waals surface area contributed by atoms with Gasteiger partial charge in [-0.3, -0.25) is 4.79 Å². The maximum atomic E-state index is 11.5. The van der Waals surface area contributed by atoms with E-state index < -0.39 is 0 Å². The smallest absolute Gasteiger partial charge is 0.222 e. The van der Waals surface area contributed by atoms with Gasteiger partial charge in [0.1, 0.15) is 0 Å². The number of hydrogen-bond donors (Lipinski definition) is 1. The second kappa shape index (κ2) is 6.31. The van der Waals surface area contributed by atoms with Crippen molar-refractivity contribution in [2.24, 2.45) is 5.92 Å². The number of amides is 1. The Morgan fingerprint density at radius 2 is 1.88 bits per heavy atom. The molecule has 0 aliphatic carbocycles. The average Bonchev–Trinajstić information content (AvgIpc) is 2.30. The van der Waals surface area contributed by atoms with E-state index >= 15 is 0 Å². The molecular formula is C14H21NO. The molecule has 0 saturated carbocycles. The minimum Gasteiger partial charge on any atom is -0.355 e. The molecule has 1 amide bonds. The molecule has 1 aromatic carbocycles. The normalized spacial score (nSPS) is 12.5. The Labute approximate surface area is 98.1 Å². The summed E-state index contributed by atoms with van der Waals surface area (Å²) in [4.78, 5) is 11.5. The van der Waals surface area contributed by atoms with Crippen LogP contribution in [0.2, 0.25) is 0 Å². The number of carbonyl (C=O) groups excluding carboxylic acids is 1. The molecule has 0 bridgehead atoms. The van der Waals surface area contributed by atoms with E-state index in [4.69, 9.17) is 0 Å². The number of benzene rings is 1. The first-order chi connectivity index (χ1) is 7.65. The van der Waals surface area contributed by atoms with Gasteiger partial charge in [0, 0.05) is 18.4 Å². The van der Waals surface area contributed by atoms with Gasteiger partial charge in [-0.25, -0.2) is 0 Å². The quantitative estimate of drug-likeness (QED) is 0.810. The van der Waals surface area contributed by atoms with Gasteiger partial charge in [-0.1, -0.05) is 51.1 Å². The summed E-state index contributed by atoms with van der Waals surface area (Å²) in [5, 5.41) is 2.99. The number of carbonyl (C=O) groups is 1. The molecule has 0 spiro atoms. The molecule has 16 heavy (non-hydrogen) atoms. The summed E-state index contributed by atoms with van der Waals surface area (Å²) >= 11 is 0. The highest BCUT2D eigenvalue weighted by Gasteiger charge is 2.12. The Kier molecular flexibility index (Phi) is 5.03. The Balaban J connectivity index is 2.54. The van der Waals surface area contributed by atoms with Crippen LogP contribution in [-0.4, -0.2) is 12.5 Å². The van der Waals surface area contributed by atoms with Crippen molar-refractivity contribution in [1.82, 2.24) is 5.32 Å². The fourth-order valence-corrected chi connectivity index (χ4v) is 1.65. The zero-order valence-electron chi connectivity index (χ0n) is 10.4. The lowest BCUT2D eigenvalue weighted by molar-refractivity contribution is -0.124. The second-order valence-electron chi connectivity index (χ2n) is 4.42. The molecule has 1 unspecified atom stereocenters. The third-order valence-electron chi connectivity index (χ3n) is 2.81. The molecule has 0 radical (unpaired) electrons. The van der Waals surface area contributed by atoms with Gasteiger partial charge >= 0.3 is 0 Å². The van der Waals surface area contributed by atoms with Crippen molar-refractivity contribution >= 4 is 5.91 Å². The van der Waals surface area contributed by atoms with Crippen molar-refractivity contribution in [3.8, 4) is 0 Å².